The van der Waals surface area contributed by atoms with Crippen LogP contribution in [0.4, 0.5) is 0 Å². The van der Waals surface area contributed by atoms with Gasteiger partial charge in [-0.25, -0.2) is 0 Å². The molecule has 0 saturated heterocycles. The van der Waals surface area contributed by atoms with Crippen molar-refractivity contribution in [1.82, 2.24) is 5.32 Å². The highest BCUT2D eigenvalue weighted by Crippen LogP contribution is 2.54. The number of carbonyl (C=O) groups excluding carboxylic acids is 2. The normalized spacial score (nSPS) is 37.7. The summed E-state index contributed by atoms with van der Waals surface area (Å²) in [5, 5.41) is 3.12. The minimum Gasteiger partial charge on any atom is -0.369 e. The van der Waals surface area contributed by atoms with Gasteiger partial charge in [0.05, 0.1) is 0 Å². The Morgan fingerprint density at radius 1 is 1.05 bits per heavy atom. The van der Waals surface area contributed by atoms with Crippen LogP contribution in [0.5, 0.6) is 0 Å². The van der Waals surface area contributed by atoms with Crippen LogP contribution < -0.4 is 11.1 Å². The molecule has 0 aromatic heterocycles. The van der Waals surface area contributed by atoms with Gasteiger partial charge in [0.1, 0.15) is 0 Å². The van der Waals surface area contributed by atoms with E-state index in [0.29, 0.717) is 17.8 Å². The Kier molecular flexibility index (Phi) is 3.50. The van der Waals surface area contributed by atoms with E-state index in [2.05, 4.69) is 5.32 Å². The van der Waals surface area contributed by atoms with Gasteiger partial charge < -0.3 is 11.1 Å². The van der Waals surface area contributed by atoms with Crippen molar-refractivity contribution in [2.24, 2.45) is 35.3 Å². The van der Waals surface area contributed by atoms with Crippen molar-refractivity contribution in [3.05, 3.63) is 0 Å². The molecule has 0 unspecified atom stereocenters. The van der Waals surface area contributed by atoms with E-state index in [9.17, 15) is 9.59 Å². The third kappa shape index (κ3) is 3.10. The average Bonchev–Trinajstić information content (AvgIpc) is 3.28. The molecule has 3 fully saturated rings. The van der Waals surface area contributed by atoms with Crippen molar-refractivity contribution in [1.29, 1.82) is 0 Å². The molecule has 3 aliphatic rings. The van der Waals surface area contributed by atoms with Gasteiger partial charge in [-0.1, -0.05) is 0 Å². The third-order valence-electron chi connectivity index (χ3n) is 5.22. The predicted molar refractivity (Wildman–Crippen MR) is 72.0 cm³/mol. The van der Waals surface area contributed by atoms with Gasteiger partial charge in [0.25, 0.3) is 0 Å². The van der Waals surface area contributed by atoms with Crippen LogP contribution in [0.15, 0.2) is 0 Å². The van der Waals surface area contributed by atoms with Crippen molar-refractivity contribution in [3.63, 3.8) is 0 Å². The van der Waals surface area contributed by atoms with E-state index in [1.165, 1.54) is 12.8 Å². The number of nitrogens with one attached hydrogen (secondary N) is 1. The molecule has 0 aliphatic heterocycles. The van der Waals surface area contributed by atoms with Crippen molar-refractivity contribution in [3.8, 4) is 0 Å². The first kappa shape index (κ1) is 12.9. The van der Waals surface area contributed by atoms with Crippen LogP contribution in [0.2, 0.25) is 0 Å². The van der Waals surface area contributed by atoms with Crippen molar-refractivity contribution in [2.45, 2.75) is 44.9 Å². The maximum Gasteiger partial charge on any atom is 0.223 e. The van der Waals surface area contributed by atoms with Crippen LogP contribution in [-0.4, -0.2) is 18.4 Å². The molecule has 3 saturated carbocycles. The topological polar surface area (TPSA) is 72.2 Å². The van der Waals surface area contributed by atoms with Crippen LogP contribution in [-0.2, 0) is 9.59 Å². The summed E-state index contributed by atoms with van der Waals surface area (Å²) in [4.78, 5) is 23.1. The van der Waals surface area contributed by atoms with Gasteiger partial charge in [-0.15, -0.1) is 0 Å². The van der Waals surface area contributed by atoms with Gasteiger partial charge in [0.15, 0.2) is 0 Å². The summed E-state index contributed by atoms with van der Waals surface area (Å²) < 4.78 is 0. The molecule has 4 heteroatoms. The molecule has 106 valence electrons. The first-order valence-corrected chi connectivity index (χ1v) is 7.72. The first-order chi connectivity index (χ1) is 9.15. The highest BCUT2D eigenvalue weighted by molar-refractivity contribution is 5.81. The minimum atomic E-state index is -0.159. The molecule has 3 aliphatic carbocycles. The fraction of sp³-hybridized carbons (Fsp3) is 0.867. The largest absolute Gasteiger partial charge is 0.369 e. The quantitative estimate of drug-likeness (QED) is 0.788. The van der Waals surface area contributed by atoms with Crippen molar-refractivity contribution in [2.75, 3.05) is 6.54 Å². The number of rotatable bonds is 5. The van der Waals surface area contributed by atoms with Crippen LogP contribution in [0.1, 0.15) is 44.9 Å². The Bertz CT molecular complexity index is 370. The molecule has 0 aromatic rings. The second-order valence-electron chi connectivity index (χ2n) is 6.71. The number of hydrogen-bond acceptors (Lipinski definition) is 2. The standard InChI is InChI=1S/C15H24N2O2/c16-14(18)11-3-1-9(2-4-11)8-17-15(19)13-7-12(13)10-5-6-10/h9-13H,1-8H2,(H2,16,18)(H,17,19)/t9?,11?,12-,13-/m1/s1. The molecule has 3 N–H and O–H groups in total. The lowest BCUT2D eigenvalue weighted by Crippen LogP contribution is -2.34. The number of carbonyl (C=O) groups is 2. The molecule has 0 spiro atoms. The highest BCUT2D eigenvalue weighted by Gasteiger charge is 2.51. The van der Waals surface area contributed by atoms with Gasteiger partial charge >= 0.3 is 0 Å². The Morgan fingerprint density at radius 2 is 1.74 bits per heavy atom. The summed E-state index contributed by atoms with van der Waals surface area (Å²) in [5.41, 5.74) is 5.32. The third-order valence-corrected chi connectivity index (χ3v) is 5.22. The zero-order chi connectivity index (χ0) is 13.4. The second-order valence-corrected chi connectivity index (χ2v) is 6.71. The van der Waals surface area contributed by atoms with Gasteiger partial charge in [0.2, 0.25) is 11.8 Å². The van der Waals surface area contributed by atoms with Gasteiger partial charge in [0, 0.05) is 18.4 Å². The summed E-state index contributed by atoms with van der Waals surface area (Å²) in [5.74, 6) is 2.59. The number of primary amides is 1. The molecule has 3 rings (SSSR count). The molecule has 2 atom stereocenters. The predicted octanol–water partition coefficient (Wildman–Crippen LogP) is 1.44. The lowest BCUT2D eigenvalue weighted by molar-refractivity contribution is -0.124. The van der Waals surface area contributed by atoms with Crippen molar-refractivity contribution < 1.29 is 9.59 Å². The summed E-state index contributed by atoms with van der Waals surface area (Å²) in [6, 6.07) is 0. The Labute approximate surface area is 114 Å². The van der Waals surface area contributed by atoms with E-state index in [4.69, 9.17) is 5.73 Å². The number of amides is 2. The van der Waals surface area contributed by atoms with Crippen LogP contribution >= 0.6 is 0 Å². The van der Waals surface area contributed by atoms with Gasteiger partial charge in [-0.2, -0.15) is 0 Å². The summed E-state index contributed by atoms with van der Waals surface area (Å²) in [6.07, 6.45) is 7.62. The molecule has 19 heavy (non-hydrogen) atoms. The molecule has 4 nitrogen and oxygen atoms in total. The molecular weight excluding hydrogens is 240 g/mol. The SMILES string of the molecule is NC(=O)C1CCC(CNC(=O)[C@@H]2C[C@@H]2C2CC2)CC1. The summed E-state index contributed by atoms with van der Waals surface area (Å²) >= 11 is 0. The fourth-order valence-electron chi connectivity index (χ4n) is 3.59. The summed E-state index contributed by atoms with van der Waals surface area (Å²) in [7, 11) is 0. The second kappa shape index (κ2) is 5.14. The Hall–Kier alpha value is -1.06. The van der Waals surface area contributed by atoms with E-state index in [1.807, 2.05) is 0 Å². The van der Waals surface area contributed by atoms with E-state index in [-0.39, 0.29) is 17.7 Å². The van der Waals surface area contributed by atoms with E-state index >= 15 is 0 Å². The van der Waals surface area contributed by atoms with Gasteiger partial charge in [-0.3, -0.25) is 9.59 Å². The Morgan fingerprint density at radius 3 is 2.32 bits per heavy atom. The van der Waals surface area contributed by atoms with E-state index in [0.717, 1.165) is 44.6 Å². The first-order valence-electron chi connectivity index (χ1n) is 7.72. The molecule has 2 amide bonds. The minimum absolute atomic E-state index is 0.0645. The Balaban J connectivity index is 1.34. The summed E-state index contributed by atoms with van der Waals surface area (Å²) in [6.45, 7) is 0.790. The molecule has 0 heterocycles. The lowest BCUT2D eigenvalue weighted by Gasteiger charge is -2.26. The van der Waals surface area contributed by atoms with Crippen LogP contribution in [0.25, 0.3) is 0 Å². The average molecular weight is 264 g/mol. The lowest BCUT2D eigenvalue weighted by atomic mass is 9.81. The van der Waals surface area contributed by atoms with E-state index < -0.39 is 0 Å². The smallest absolute Gasteiger partial charge is 0.223 e. The van der Waals surface area contributed by atoms with Crippen LogP contribution in [0, 0.1) is 29.6 Å². The van der Waals surface area contributed by atoms with E-state index in [1.54, 1.807) is 0 Å². The van der Waals surface area contributed by atoms with Crippen molar-refractivity contribution >= 4 is 11.8 Å². The maximum absolute atomic E-state index is 12.0. The number of hydrogen-bond donors (Lipinski definition) is 2. The molecule has 0 radical (unpaired) electrons. The van der Waals surface area contributed by atoms with Gasteiger partial charge in [-0.05, 0) is 62.7 Å². The maximum atomic E-state index is 12.0. The molecular formula is C15H24N2O2. The zero-order valence-corrected chi connectivity index (χ0v) is 11.4. The number of nitrogens with two attached hydrogens (primary N) is 1. The fourth-order valence-corrected chi connectivity index (χ4v) is 3.59. The van der Waals surface area contributed by atoms with Crippen LogP contribution in [0.3, 0.4) is 0 Å². The molecule has 0 aromatic carbocycles. The molecule has 0 bridgehead atoms. The zero-order valence-electron chi connectivity index (χ0n) is 11.4. The highest BCUT2D eigenvalue weighted by atomic mass is 16.2. The monoisotopic (exact) mass is 264 g/mol.